The van der Waals surface area contributed by atoms with Crippen LogP contribution in [-0.4, -0.2) is 24.7 Å². The smallest absolute Gasteiger partial charge is 0.870 e. The van der Waals surface area contributed by atoms with Gasteiger partial charge in [-0.15, -0.1) is 0 Å². The molecule has 16 heavy (non-hydrogen) atoms. The number of rotatable bonds is 4. The Kier molecular flexibility index (Phi) is 7.06. The van der Waals surface area contributed by atoms with Crippen LogP contribution in [0.2, 0.25) is 0 Å². The third kappa shape index (κ3) is 5.59. The van der Waals surface area contributed by atoms with Gasteiger partial charge in [0.05, 0.1) is 0 Å². The summed E-state index contributed by atoms with van der Waals surface area (Å²) in [6.07, 6.45) is 0.293. The van der Waals surface area contributed by atoms with E-state index in [1.54, 1.807) is 0 Å². The molecular formula is C8H9KO6S. The van der Waals surface area contributed by atoms with E-state index in [2.05, 4.69) is 4.18 Å². The number of aliphatic hydroxyl groups excluding tert-OH is 1. The third-order valence-electron chi connectivity index (χ3n) is 1.60. The fraction of sp³-hybridized carbons (Fsp3) is 0.250. The Labute approximate surface area is 136 Å². The monoisotopic (exact) mass is 272 g/mol. The average molecular weight is 272 g/mol. The predicted octanol–water partition coefficient (Wildman–Crippen LogP) is -3.52. The molecule has 0 saturated carbocycles. The van der Waals surface area contributed by atoms with Crippen LogP contribution in [0.15, 0.2) is 18.2 Å². The fourth-order valence-corrected chi connectivity index (χ4v) is 1.38. The van der Waals surface area contributed by atoms with Crippen molar-refractivity contribution in [3.8, 4) is 11.5 Å². The Bertz CT molecular complexity index is 444. The predicted molar refractivity (Wildman–Crippen MR) is 48.9 cm³/mol. The first kappa shape index (κ1) is 16.3. The molecule has 0 spiro atoms. The van der Waals surface area contributed by atoms with Crippen molar-refractivity contribution < 1.29 is 78.8 Å². The first-order valence-electron chi connectivity index (χ1n) is 4.00. The van der Waals surface area contributed by atoms with Crippen molar-refractivity contribution in [3.63, 3.8) is 0 Å². The molecule has 0 heterocycles. The number of benzene rings is 1. The second-order valence-electron chi connectivity index (χ2n) is 2.77. The van der Waals surface area contributed by atoms with Crippen molar-refractivity contribution in [1.29, 1.82) is 0 Å². The van der Waals surface area contributed by atoms with Crippen LogP contribution in [0.25, 0.3) is 0 Å². The van der Waals surface area contributed by atoms with Gasteiger partial charge in [0, 0.05) is 6.61 Å². The first-order chi connectivity index (χ1) is 6.92. The van der Waals surface area contributed by atoms with Crippen molar-refractivity contribution in [3.05, 3.63) is 23.8 Å². The maximum absolute atomic E-state index is 11.2. The molecule has 0 atom stereocenters. The summed E-state index contributed by atoms with van der Waals surface area (Å²) >= 11 is 0. The van der Waals surface area contributed by atoms with E-state index in [0.717, 1.165) is 12.1 Å². The Hall–Kier alpha value is 0.326. The zero-order valence-electron chi connectivity index (χ0n) is 8.58. The van der Waals surface area contributed by atoms with Gasteiger partial charge in [0.25, 0.3) is 0 Å². The standard InChI is InChI=1S/C8H10O6S.K/c9-4-3-6-1-2-8(7(10)5-6)14-15(11,12)13;/h1-2,5,9-10H,3-4H2,(H,11,12,13);/q;+1/p-1. The van der Waals surface area contributed by atoms with E-state index in [1.165, 1.54) is 6.07 Å². The molecule has 0 bridgehead atoms. The van der Waals surface area contributed by atoms with Gasteiger partial charge in [0.2, 0.25) is 0 Å². The van der Waals surface area contributed by atoms with Crippen LogP contribution >= 0.6 is 0 Å². The maximum Gasteiger partial charge on any atom is 1.00 e. The second-order valence-corrected chi connectivity index (χ2v) is 3.79. The molecule has 1 aromatic rings. The van der Waals surface area contributed by atoms with Gasteiger partial charge in [0.15, 0.2) is 0 Å². The summed E-state index contributed by atoms with van der Waals surface area (Å²) in [7, 11) is -4.67. The zero-order valence-corrected chi connectivity index (χ0v) is 12.5. The van der Waals surface area contributed by atoms with Crippen molar-refractivity contribution in [2.24, 2.45) is 0 Å². The SMILES string of the molecule is O=S(=O)(O)Oc1ccc(CCO)cc1[O-].[K+]. The Morgan fingerprint density at radius 3 is 2.44 bits per heavy atom. The summed E-state index contributed by atoms with van der Waals surface area (Å²) in [6, 6.07) is 3.69. The van der Waals surface area contributed by atoms with Gasteiger partial charge in [-0.1, -0.05) is 17.9 Å². The quantitative estimate of drug-likeness (QED) is 0.435. The van der Waals surface area contributed by atoms with Crippen molar-refractivity contribution in [2.45, 2.75) is 6.42 Å². The van der Waals surface area contributed by atoms with Gasteiger partial charge >= 0.3 is 61.8 Å². The van der Waals surface area contributed by atoms with E-state index in [9.17, 15) is 13.5 Å². The molecule has 0 fully saturated rings. The molecule has 84 valence electrons. The van der Waals surface area contributed by atoms with Crippen LogP contribution in [0.1, 0.15) is 5.56 Å². The summed E-state index contributed by atoms with van der Waals surface area (Å²) in [6.45, 7) is -0.113. The van der Waals surface area contributed by atoms with E-state index < -0.39 is 21.9 Å². The molecule has 0 aromatic heterocycles. The molecule has 0 aliphatic carbocycles. The molecule has 0 amide bonds. The van der Waals surface area contributed by atoms with E-state index in [1.807, 2.05) is 0 Å². The minimum absolute atomic E-state index is 0. The molecule has 6 nitrogen and oxygen atoms in total. The van der Waals surface area contributed by atoms with Crippen molar-refractivity contribution in [2.75, 3.05) is 6.61 Å². The molecule has 1 rings (SSSR count). The molecule has 2 N–H and O–H groups in total. The number of aliphatic hydroxyl groups is 1. The Balaban J connectivity index is 0.00000225. The molecule has 0 radical (unpaired) electrons. The minimum atomic E-state index is -4.67. The van der Waals surface area contributed by atoms with Gasteiger partial charge in [-0.2, -0.15) is 8.42 Å². The van der Waals surface area contributed by atoms with E-state index in [-0.39, 0.29) is 58.0 Å². The molecule has 0 aliphatic rings. The van der Waals surface area contributed by atoms with E-state index >= 15 is 0 Å². The van der Waals surface area contributed by atoms with Gasteiger partial charge in [-0.05, 0) is 18.1 Å². The van der Waals surface area contributed by atoms with Crippen LogP contribution in [0.4, 0.5) is 0 Å². The second kappa shape index (κ2) is 6.92. The zero-order chi connectivity index (χ0) is 11.5. The molecule has 0 aliphatic heterocycles. The Morgan fingerprint density at radius 2 is 2.00 bits per heavy atom. The van der Waals surface area contributed by atoms with Gasteiger partial charge in [-0.3, -0.25) is 4.55 Å². The average Bonchev–Trinajstić information content (AvgIpc) is 2.08. The van der Waals surface area contributed by atoms with Crippen LogP contribution in [0.3, 0.4) is 0 Å². The van der Waals surface area contributed by atoms with Crippen LogP contribution in [0.5, 0.6) is 11.5 Å². The third-order valence-corrected chi connectivity index (χ3v) is 1.99. The number of hydrogen-bond acceptors (Lipinski definition) is 5. The van der Waals surface area contributed by atoms with E-state index in [0.29, 0.717) is 12.0 Å². The molecule has 8 heteroatoms. The largest absolute Gasteiger partial charge is 1.00 e. The first-order valence-corrected chi connectivity index (χ1v) is 5.36. The topological polar surface area (TPSA) is 107 Å². The summed E-state index contributed by atoms with van der Waals surface area (Å²) in [4.78, 5) is 0. The summed E-state index contributed by atoms with van der Waals surface area (Å²) < 4.78 is 33.0. The van der Waals surface area contributed by atoms with Crippen LogP contribution in [-0.2, 0) is 16.8 Å². The van der Waals surface area contributed by atoms with Crippen LogP contribution < -0.4 is 60.7 Å². The summed E-state index contributed by atoms with van der Waals surface area (Å²) in [5.41, 5.74) is 0.560. The Morgan fingerprint density at radius 1 is 1.38 bits per heavy atom. The minimum Gasteiger partial charge on any atom is -0.870 e. The molecule has 0 saturated heterocycles. The van der Waals surface area contributed by atoms with E-state index in [4.69, 9.17) is 9.66 Å². The van der Waals surface area contributed by atoms with Gasteiger partial charge in [0.1, 0.15) is 5.75 Å². The summed E-state index contributed by atoms with van der Waals surface area (Å²) in [5.74, 6) is -1.14. The fourth-order valence-electron chi connectivity index (χ4n) is 1.02. The van der Waals surface area contributed by atoms with Gasteiger partial charge in [-0.25, -0.2) is 0 Å². The molecule has 1 aromatic carbocycles. The summed E-state index contributed by atoms with van der Waals surface area (Å²) in [5, 5.41) is 19.8. The molecule has 0 unspecified atom stereocenters. The van der Waals surface area contributed by atoms with Crippen molar-refractivity contribution >= 4 is 10.4 Å². The van der Waals surface area contributed by atoms with Gasteiger partial charge < -0.3 is 14.4 Å². The molecular weight excluding hydrogens is 263 g/mol. The maximum atomic E-state index is 11.2. The van der Waals surface area contributed by atoms with Crippen LogP contribution in [0, 0.1) is 0 Å². The normalized spacial score (nSPS) is 10.6. The van der Waals surface area contributed by atoms with Crippen molar-refractivity contribution in [1.82, 2.24) is 0 Å². The number of hydrogen-bond donors (Lipinski definition) is 2.